The van der Waals surface area contributed by atoms with Crippen LogP contribution < -0.4 is 10.5 Å². The maximum absolute atomic E-state index is 8.61. The minimum Gasteiger partial charge on any atom is -0.497 e. The van der Waals surface area contributed by atoms with E-state index in [0.717, 1.165) is 11.3 Å². The Balaban J connectivity index is 2.92. The number of methoxy groups -OCH3 is 1. The van der Waals surface area contributed by atoms with Crippen molar-refractivity contribution in [1.82, 2.24) is 0 Å². The van der Waals surface area contributed by atoms with Crippen LogP contribution in [0.2, 0.25) is 0 Å². The molecule has 0 aromatic heterocycles. The van der Waals surface area contributed by atoms with Crippen LogP contribution in [-0.2, 0) is 5.54 Å². The minimum atomic E-state index is -0.582. The van der Waals surface area contributed by atoms with E-state index < -0.39 is 5.54 Å². The number of nitrogens with zero attached hydrogens (tertiary/aromatic N) is 1. The molecule has 1 rings (SSSR count). The number of benzene rings is 1. The summed E-state index contributed by atoms with van der Waals surface area (Å²) in [5, 5.41) is 8.61. The van der Waals surface area contributed by atoms with Gasteiger partial charge in [-0.25, -0.2) is 0 Å². The molecule has 0 heterocycles. The molecule has 0 aliphatic heterocycles. The van der Waals surface area contributed by atoms with Crippen LogP contribution in [-0.4, -0.2) is 7.11 Å². The third-order valence-electron chi connectivity index (χ3n) is 2.20. The molecule has 0 saturated carbocycles. The molecule has 3 nitrogen and oxygen atoms in total. The van der Waals surface area contributed by atoms with Gasteiger partial charge in [-0.1, -0.05) is 12.1 Å². The molecule has 14 heavy (non-hydrogen) atoms. The molecule has 0 spiro atoms. The number of rotatable bonds is 3. The average molecular weight is 190 g/mol. The SMILES string of the molecule is COc1ccc(C(C)(N)CC#N)cc1. The Labute approximate surface area is 84.1 Å². The molecule has 1 atom stereocenters. The second-order valence-electron chi connectivity index (χ2n) is 3.48. The molecule has 3 heteroatoms. The number of nitrogens with two attached hydrogens (primary N) is 1. The van der Waals surface area contributed by atoms with Gasteiger partial charge in [-0.2, -0.15) is 5.26 Å². The van der Waals surface area contributed by atoms with Gasteiger partial charge in [0, 0.05) is 0 Å². The van der Waals surface area contributed by atoms with Gasteiger partial charge in [-0.3, -0.25) is 0 Å². The predicted octanol–water partition coefficient (Wildman–Crippen LogP) is 1.78. The Hall–Kier alpha value is -1.53. The van der Waals surface area contributed by atoms with Crippen LogP contribution in [0, 0.1) is 11.3 Å². The van der Waals surface area contributed by atoms with Gasteiger partial charge in [-0.15, -0.1) is 0 Å². The molecular weight excluding hydrogens is 176 g/mol. The smallest absolute Gasteiger partial charge is 0.118 e. The molecule has 0 radical (unpaired) electrons. The summed E-state index contributed by atoms with van der Waals surface area (Å²) >= 11 is 0. The fourth-order valence-electron chi connectivity index (χ4n) is 1.24. The zero-order valence-electron chi connectivity index (χ0n) is 8.45. The largest absolute Gasteiger partial charge is 0.497 e. The zero-order chi connectivity index (χ0) is 10.6. The lowest BCUT2D eigenvalue weighted by Crippen LogP contribution is -2.32. The van der Waals surface area contributed by atoms with Crippen LogP contribution in [0.3, 0.4) is 0 Å². The first-order valence-electron chi connectivity index (χ1n) is 4.40. The number of hydrogen-bond donors (Lipinski definition) is 1. The first kappa shape index (κ1) is 10.6. The van der Waals surface area contributed by atoms with Crippen molar-refractivity contribution in [3.63, 3.8) is 0 Å². The van der Waals surface area contributed by atoms with E-state index in [1.807, 2.05) is 31.2 Å². The van der Waals surface area contributed by atoms with Gasteiger partial charge in [0.25, 0.3) is 0 Å². The minimum absolute atomic E-state index is 0.305. The molecule has 0 fully saturated rings. The molecule has 1 unspecified atom stereocenters. The van der Waals surface area contributed by atoms with Crippen LogP contribution in [0.5, 0.6) is 5.75 Å². The molecule has 0 bridgehead atoms. The standard InChI is InChI=1S/C11H14N2O/c1-11(13,7-8-12)9-3-5-10(14-2)6-4-9/h3-6H,7,13H2,1-2H3. The molecule has 0 amide bonds. The lowest BCUT2D eigenvalue weighted by atomic mass is 9.90. The van der Waals surface area contributed by atoms with Crippen molar-refractivity contribution in [3.8, 4) is 11.8 Å². The highest BCUT2D eigenvalue weighted by molar-refractivity contribution is 5.31. The van der Waals surface area contributed by atoms with Gasteiger partial charge in [0.05, 0.1) is 25.1 Å². The summed E-state index contributed by atoms with van der Waals surface area (Å²) in [6.07, 6.45) is 0.305. The van der Waals surface area contributed by atoms with E-state index in [1.165, 1.54) is 0 Å². The fraction of sp³-hybridized carbons (Fsp3) is 0.364. The van der Waals surface area contributed by atoms with Crippen molar-refractivity contribution in [2.24, 2.45) is 5.73 Å². The normalized spacial score (nSPS) is 14.1. The third-order valence-corrected chi connectivity index (χ3v) is 2.20. The average Bonchev–Trinajstić information content (AvgIpc) is 2.18. The topological polar surface area (TPSA) is 59.0 Å². The summed E-state index contributed by atoms with van der Waals surface area (Å²) in [4.78, 5) is 0. The molecule has 0 saturated heterocycles. The van der Waals surface area contributed by atoms with Gasteiger partial charge in [0.1, 0.15) is 5.75 Å². The Bertz CT molecular complexity index is 335. The molecule has 2 N–H and O–H groups in total. The Morgan fingerprint density at radius 2 is 2.00 bits per heavy atom. The van der Waals surface area contributed by atoms with Crippen LogP contribution in [0.1, 0.15) is 18.9 Å². The van der Waals surface area contributed by atoms with Gasteiger partial charge in [-0.05, 0) is 24.6 Å². The summed E-state index contributed by atoms with van der Waals surface area (Å²) in [7, 11) is 1.62. The maximum atomic E-state index is 8.61. The first-order valence-corrected chi connectivity index (χ1v) is 4.40. The number of nitriles is 1. The van der Waals surface area contributed by atoms with Crippen molar-refractivity contribution in [3.05, 3.63) is 29.8 Å². The predicted molar refractivity (Wildman–Crippen MR) is 54.8 cm³/mol. The highest BCUT2D eigenvalue weighted by Gasteiger charge is 2.20. The summed E-state index contributed by atoms with van der Waals surface area (Å²) in [5.74, 6) is 0.793. The van der Waals surface area contributed by atoms with Gasteiger partial charge < -0.3 is 10.5 Å². The van der Waals surface area contributed by atoms with Crippen LogP contribution >= 0.6 is 0 Å². The van der Waals surface area contributed by atoms with Crippen LogP contribution in [0.15, 0.2) is 24.3 Å². The van der Waals surface area contributed by atoms with Crippen molar-refractivity contribution >= 4 is 0 Å². The van der Waals surface area contributed by atoms with E-state index in [0.29, 0.717) is 6.42 Å². The van der Waals surface area contributed by atoms with E-state index in [2.05, 4.69) is 6.07 Å². The summed E-state index contributed by atoms with van der Waals surface area (Å²) in [6.45, 7) is 1.85. The lowest BCUT2D eigenvalue weighted by Gasteiger charge is -2.21. The zero-order valence-corrected chi connectivity index (χ0v) is 8.45. The molecule has 1 aromatic carbocycles. The summed E-state index contributed by atoms with van der Waals surface area (Å²) < 4.78 is 5.04. The van der Waals surface area contributed by atoms with Crippen LogP contribution in [0.25, 0.3) is 0 Å². The highest BCUT2D eigenvalue weighted by atomic mass is 16.5. The van der Waals surface area contributed by atoms with E-state index in [4.69, 9.17) is 15.7 Å². The third kappa shape index (κ3) is 2.24. The molecule has 1 aromatic rings. The summed E-state index contributed by atoms with van der Waals surface area (Å²) in [5.41, 5.74) is 6.34. The van der Waals surface area contributed by atoms with E-state index in [1.54, 1.807) is 7.11 Å². The second kappa shape index (κ2) is 4.12. The maximum Gasteiger partial charge on any atom is 0.118 e. The van der Waals surface area contributed by atoms with Crippen molar-refractivity contribution < 1.29 is 4.74 Å². The number of hydrogen-bond acceptors (Lipinski definition) is 3. The van der Waals surface area contributed by atoms with Crippen molar-refractivity contribution in [1.29, 1.82) is 5.26 Å². The van der Waals surface area contributed by atoms with Crippen molar-refractivity contribution in [2.75, 3.05) is 7.11 Å². The monoisotopic (exact) mass is 190 g/mol. The summed E-state index contributed by atoms with van der Waals surface area (Å²) in [6, 6.07) is 9.54. The molecule has 0 aliphatic carbocycles. The quantitative estimate of drug-likeness (QED) is 0.790. The Morgan fingerprint density at radius 3 is 2.43 bits per heavy atom. The van der Waals surface area contributed by atoms with Gasteiger partial charge in [0.15, 0.2) is 0 Å². The fourth-order valence-corrected chi connectivity index (χ4v) is 1.24. The van der Waals surface area contributed by atoms with Crippen molar-refractivity contribution in [2.45, 2.75) is 18.9 Å². The molecular formula is C11H14N2O. The lowest BCUT2D eigenvalue weighted by molar-refractivity contribution is 0.413. The first-order chi connectivity index (χ1) is 6.60. The van der Waals surface area contributed by atoms with Gasteiger partial charge >= 0.3 is 0 Å². The van der Waals surface area contributed by atoms with E-state index in [9.17, 15) is 0 Å². The second-order valence-corrected chi connectivity index (χ2v) is 3.48. The van der Waals surface area contributed by atoms with E-state index in [-0.39, 0.29) is 0 Å². The van der Waals surface area contributed by atoms with Gasteiger partial charge in [0.2, 0.25) is 0 Å². The Morgan fingerprint density at radius 1 is 1.43 bits per heavy atom. The van der Waals surface area contributed by atoms with E-state index >= 15 is 0 Å². The Kier molecular flexibility index (Phi) is 3.10. The number of ether oxygens (including phenoxy) is 1. The molecule has 0 aliphatic rings. The van der Waals surface area contributed by atoms with Crippen LogP contribution in [0.4, 0.5) is 0 Å². The molecule has 74 valence electrons. The highest BCUT2D eigenvalue weighted by Crippen LogP contribution is 2.23.